The number of nitrogens with one attached hydrogen (secondary N) is 2. The molecule has 0 radical (unpaired) electrons. The number of rotatable bonds is 1. The number of hydrazine groups is 1. The maximum atomic E-state index is 13.6. The molecule has 1 aliphatic rings. The van der Waals surface area contributed by atoms with Crippen molar-refractivity contribution >= 4 is 11.9 Å². The molecule has 0 fully saturated rings. The molecule has 0 aromatic heterocycles. The van der Waals surface area contributed by atoms with Gasteiger partial charge >= 0.3 is 6.09 Å². The molecule has 102 valence electrons. The van der Waals surface area contributed by atoms with Gasteiger partial charge in [-0.2, -0.15) is 0 Å². The second-order valence-electron chi connectivity index (χ2n) is 4.04. The van der Waals surface area contributed by atoms with E-state index >= 15 is 0 Å². The quantitative estimate of drug-likeness (QED) is 0.767. The molecule has 1 aromatic rings. The molecule has 7 heteroatoms. The van der Waals surface area contributed by atoms with Crippen molar-refractivity contribution in [3.63, 3.8) is 0 Å². The van der Waals surface area contributed by atoms with Gasteiger partial charge in [0.05, 0.1) is 13.2 Å². The summed E-state index contributed by atoms with van der Waals surface area (Å²) in [6.07, 6.45) is 0.512. The van der Waals surface area contributed by atoms with Crippen LogP contribution in [0.4, 0.5) is 13.6 Å². The fraction of sp³-hybridized carbons (Fsp3) is 0.333. The highest BCUT2D eigenvalue weighted by Gasteiger charge is 2.22. The topological polar surface area (TPSA) is 62.7 Å². The summed E-state index contributed by atoms with van der Waals surface area (Å²) in [5, 5.41) is 0. The molecule has 5 nitrogen and oxygen atoms in total. The fourth-order valence-corrected chi connectivity index (χ4v) is 1.86. The lowest BCUT2D eigenvalue weighted by molar-refractivity contribution is 0.168. The molecule has 1 heterocycles. The number of halogens is 2. The lowest BCUT2D eigenvalue weighted by atomic mass is 10.0. The monoisotopic (exact) mass is 269 g/mol. The maximum absolute atomic E-state index is 13.6. The third-order valence-electron chi connectivity index (χ3n) is 2.78. The standard InChI is InChI=1S/C12H13F2N3O2/c1-19-12(18)17-16-11-5-4-10(15-11)8-3-2-7(13)6-9(8)14/h2-3,6,10H,4-5H2,1H3,(H,15,16)(H,17,18). The maximum Gasteiger partial charge on any atom is 0.425 e. The Bertz CT molecular complexity index is 520. The van der Waals surface area contributed by atoms with E-state index in [1.54, 1.807) is 0 Å². The van der Waals surface area contributed by atoms with Gasteiger partial charge in [-0.25, -0.2) is 19.0 Å². The molecule has 0 saturated heterocycles. The van der Waals surface area contributed by atoms with E-state index in [9.17, 15) is 13.6 Å². The van der Waals surface area contributed by atoms with Crippen LogP contribution in [-0.4, -0.2) is 19.0 Å². The number of hydrogen-bond acceptors (Lipinski definition) is 4. The lowest BCUT2D eigenvalue weighted by Gasteiger charge is -2.08. The minimum atomic E-state index is -0.640. The minimum Gasteiger partial charge on any atom is -0.452 e. The van der Waals surface area contributed by atoms with E-state index in [-0.39, 0.29) is 6.04 Å². The number of amidine groups is 1. The fourth-order valence-electron chi connectivity index (χ4n) is 1.86. The van der Waals surface area contributed by atoms with Crippen molar-refractivity contribution in [1.82, 2.24) is 10.9 Å². The summed E-state index contributed by atoms with van der Waals surface area (Å²) in [6, 6.07) is 3.05. The molecule has 1 aliphatic heterocycles. The summed E-state index contributed by atoms with van der Waals surface area (Å²) in [4.78, 5) is 15.1. The largest absolute Gasteiger partial charge is 0.452 e. The molecule has 19 heavy (non-hydrogen) atoms. The zero-order valence-electron chi connectivity index (χ0n) is 10.2. The molecule has 2 rings (SSSR count). The van der Waals surface area contributed by atoms with E-state index in [2.05, 4.69) is 20.6 Å². The van der Waals surface area contributed by atoms with Crippen molar-refractivity contribution in [3.8, 4) is 0 Å². The van der Waals surface area contributed by atoms with E-state index in [1.807, 2.05) is 0 Å². The molecule has 1 atom stereocenters. The summed E-state index contributed by atoms with van der Waals surface area (Å²) in [6.45, 7) is 0. The van der Waals surface area contributed by atoms with Crippen LogP contribution in [0.2, 0.25) is 0 Å². The smallest absolute Gasteiger partial charge is 0.425 e. The molecule has 0 aliphatic carbocycles. The minimum absolute atomic E-state index is 0.344. The zero-order valence-corrected chi connectivity index (χ0v) is 10.2. The number of carbonyl (C=O) groups excluding carboxylic acids is 1. The van der Waals surface area contributed by atoms with Gasteiger partial charge in [0.1, 0.15) is 17.5 Å². The second kappa shape index (κ2) is 5.64. The Hall–Kier alpha value is -2.18. The van der Waals surface area contributed by atoms with E-state index in [0.29, 0.717) is 24.2 Å². The van der Waals surface area contributed by atoms with Crippen LogP contribution >= 0.6 is 0 Å². The Morgan fingerprint density at radius 2 is 2.26 bits per heavy atom. The predicted octanol–water partition coefficient (Wildman–Crippen LogP) is 2.06. The van der Waals surface area contributed by atoms with Crippen molar-refractivity contribution in [1.29, 1.82) is 0 Å². The molecule has 1 amide bonds. The highest BCUT2D eigenvalue weighted by atomic mass is 19.1. The third kappa shape index (κ3) is 3.18. The van der Waals surface area contributed by atoms with Crippen LogP contribution in [0.5, 0.6) is 0 Å². The van der Waals surface area contributed by atoms with Gasteiger partial charge in [-0.05, 0) is 12.5 Å². The summed E-state index contributed by atoms with van der Waals surface area (Å²) in [7, 11) is 1.24. The molecule has 0 saturated carbocycles. The first-order chi connectivity index (χ1) is 9.10. The number of amides is 1. The number of ether oxygens (including phenoxy) is 1. The SMILES string of the molecule is COC(=O)NNC1=NC(c2ccc(F)cc2F)CC1. The zero-order chi connectivity index (χ0) is 13.8. The van der Waals surface area contributed by atoms with Gasteiger partial charge < -0.3 is 4.74 Å². The predicted molar refractivity (Wildman–Crippen MR) is 64.4 cm³/mol. The molecule has 1 aromatic carbocycles. The van der Waals surface area contributed by atoms with Crippen LogP contribution < -0.4 is 10.9 Å². The number of hydrogen-bond donors (Lipinski definition) is 2. The van der Waals surface area contributed by atoms with Crippen molar-refractivity contribution in [2.45, 2.75) is 18.9 Å². The van der Waals surface area contributed by atoms with Crippen LogP contribution in [0, 0.1) is 11.6 Å². The van der Waals surface area contributed by atoms with Gasteiger partial charge in [-0.15, -0.1) is 0 Å². The highest BCUT2D eigenvalue weighted by molar-refractivity contribution is 5.85. The van der Waals surface area contributed by atoms with Gasteiger partial charge in [0.25, 0.3) is 0 Å². The average molecular weight is 269 g/mol. The average Bonchev–Trinajstić information content (AvgIpc) is 2.84. The highest BCUT2D eigenvalue weighted by Crippen LogP contribution is 2.30. The van der Waals surface area contributed by atoms with Crippen LogP contribution in [0.15, 0.2) is 23.2 Å². The summed E-state index contributed by atoms with van der Waals surface area (Å²) in [5.41, 5.74) is 5.21. The van der Waals surface area contributed by atoms with E-state index in [1.165, 1.54) is 19.2 Å². The first-order valence-electron chi connectivity index (χ1n) is 5.71. The van der Waals surface area contributed by atoms with E-state index in [4.69, 9.17) is 0 Å². The molecule has 0 bridgehead atoms. The van der Waals surface area contributed by atoms with Crippen molar-refractivity contribution < 1.29 is 18.3 Å². The normalized spacial score (nSPS) is 17.8. The first-order valence-corrected chi connectivity index (χ1v) is 5.71. The van der Waals surface area contributed by atoms with Gasteiger partial charge in [0.15, 0.2) is 0 Å². The first kappa shape index (κ1) is 13.3. The Morgan fingerprint density at radius 3 is 2.95 bits per heavy atom. The number of aliphatic imine (C=N–C) groups is 1. The van der Waals surface area contributed by atoms with Crippen LogP contribution in [-0.2, 0) is 4.74 Å². The third-order valence-corrected chi connectivity index (χ3v) is 2.78. The summed E-state index contributed by atoms with van der Waals surface area (Å²) < 4.78 is 30.8. The Labute approximate surface area is 108 Å². The summed E-state index contributed by atoms with van der Waals surface area (Å²) in [5.74, 6) is -0.705. The van der Waals surface area contributed by atoms with Gasteiger partial charge in [-0.3, -0.25) is 10.4 Å². The van der Waals surface area contributed by atoms with Gasteiger partial charge in [-0.1, -0.05) is 6.07 Å². The Balaban J connectivity index is 2.03. The Kier molecular flexibility index (Phi) is 3.94. The molecular weight excluding hydrogens is 256 g/mol. The summed E-state index contributed by atoms with van der Waals surface area (Å²) >= 11 is 0. The van der Waals surface area contributed by atoms with Gasteiger partial charge in [0, 0.05) is 18.1 Å². The molecule has 0 spiro atoms. The van der Waals surface area contributed by atoms with Crippen LogP contribution in [0.1, 0.15) is 24.4 Å². The molecule has 1 unspecified atom stereocenters. The van der Waals surface area contributed by atoms with Crippen molar-refractivity contribution in [2.24, 2.45) is 4.99 Å². The number of methoxy groups -OCH3 is 1. The van der Waals surface area contributed by atoms with E-state index in [0.717, 1.165) is 6.07 Å². The van der Waals surface area contributed by atoms with Crippen LogP contribution in [0.3, 0.4) is 0 Å². The number of benzene rings is 1. The van der Waals surface area contributed by atoms with Crippen molar-refractivity contribution in [2.75, 3.05) is 7.11 Å². The lowest BCUT2D eigenvalue weighted by Crippen LogP contribution is -2.40. The van der Waals surface area contributed by atoms with Crippen molar-refractivity contribution in [3.05, 3.63) is 35.4 Å². The van der Waals surface area contributed by atoms with E-state index < -0.39 is 17.7 Å². The van der Waals surface area contributed by atoms with Gasteiger partial charge in [0.2, 0.25) is 0 Å². The Morgan fingerprint density at radius 1 is 1.47 bits per heavy atom. The number of nitrogens with zero attached hydrogens (tertiary/aromatic N) is 1. The number of carbonyl (C=O) groups is 1. The second-order valence-corrected chi connectivity index (χ2v) is 4.04. The molecular formula is C12H13F2N3O2. The van der Waals surface area contributed by atoms with Crippen LogP contribution in [0.25, 0.3) is 0 Å². The molecule has 2 N–H and O–H groups in total.